The fourth-order valence-corrected chi connectivity index (χ4v) is 4.39. The summed E-state index contributed by atoms with van der Waals surface area (Å²) in [6.07, 6.45) is 7.68. The number of hydrogen-bond acceptors (Lipinski definition) is 4. The van der Waals surface area contributed by atoms with Crippen LogP contribution in [0.2, 0.25) is 5.02 Å². The summed E-state index contributed by atoms with van der Waals surface area (Å²) in [4.78, 5) is 12.1. The largest absolute Gasteiger partial charge is 0.492 e. The Balaban J connectivity index is 1.91. The quantitative estimate of drug-likeness (QED) is 0.628. The number of carbonyl (C=O) groups is 1. The topological polar surface area (TPSA) is 75.7 Å². The number of ether oxygens (including phenoxy) is 1. The molecule has 0 atom stereocenters. The van der Waals surface area contributed by atoms with Crippen molar-refractivity contribution < 1.29 is 17.9 Å². The highest BCUT2D eigenvalue weighted by atomic mass is 35.5. The summed E-state index contributed by atoms with van der Waals surface area (Å²) in [5, 5.41) is 3.01. The van der Waals surface area contributed by atoms with Crippen molar-refractivity contribution in [3.05, 3.63) is 34.9 Å². The molecule has 0 unspecified atom stereocenters. The predicted octanol–water partition coefficient (Wildman–Crippen LogP) is 3.37. The van der Waals surface area contributed by atoms with Gasteiger partial charge in [0.1, 0.15) is 5.75 Å². The van der Waals surface area contributed by atoms with Crippen LogP contribution < -0.4 is 10.1 Å². The number of halogens is 1. The first kappa shape index (κ1) is 21.7. The third-order valence-corrected chi connectivity index (χ3v) is 6.53. The zero-order chi connectivity index (χ0) is 19.9. The first-order chi connectivity index (χ1) is 12.8. The van der Waals surface area contributed by atoms with Gasteiger partial charge in [-0.15, -0.1) is 0 Å². The van der Waals surface area contributed by atoms with Gasteiger partial charge >= 0.3 is 0 Å². The Morgan fingerprint density at radius 1 is 1.33 bits per heavy atom. The van der Waals surface area contributed by atoms with Crippen LogP contribution in [0.15, 0.2) is 34.7 Å². The van der Waals surface area contributed by atoms with E-state index < -0.39 is 10.0 Å². The fourth-order valence-electron chi connectivity index (χ4n) is 2.93. The average Bonchev–Trinajstić information content (AvgIpc) is 2.64. The van der Waals surface area contributed by atoms with E-state index in [1.807, 2.05) is 6.92 Å². The van der Waals surface area contributed by atoms with Crippen molar-refractivity contribution in [3.63, 3.8) is 0 Å². The Morgan fingerprint density at radius 2 is 2.11 bits per heavy atom. The minimum atomic E-state index is -3.81. The number of rotatable bonds is 9. The molecule has 1 aromatic carbocycles. The number of hydrogen-bond donors (Lipinski definition) is 1. The van der Waals surface area contributed by atoms with E-state index in [1.54, 1.807) is 0 Å². The number of allylic oxidation sites excluding steroid dienone is 1. The first-order valence-corrected chi connectivity index (χ1v) is 11.0. The van der Waals surface area contributed by atoms with Crippen LogP contribution in [-0.2, 0) is 14.8 Å². The molecule has 27 heavy (non-hydrogen) atoms. The van der Waals surface area contributed by atoms with E-state index >= 15 is 0 Å². The highest BCUT2D eigenvalue weighted by Gasteiger charge is 2.24. The lowest BCUT2D eigenvalue weighted by Crippen LogP contribution is -2.38. The summed E-state index contributed by atoms with van der Waals surface area (Å²) in [5.74, 6) is 0.102. The predicted molar refractivity (Wildman–Crippen MR) is 107 cm³/mol. The SMILES string of the molecule is CCOc1ccc(S(=O)(=O)N(C)CC(=O)NCCC2=CCCCC2)cc1Cl. The first-order valence-electron chi connectivity index (χ1n) is 9.18. The van der Waals surface area contributed by atoms with Gasteiger partial charge in [0.25, 0.3) is 0 Å². The molecule has 1 amide bonds. The Bertz CT molecular complexity index is 793. The number of carbonyl (C=O) groups excluding carboxylic acids is 1. The van der Waals surface area contributed by atoms with Crippen LogP contribution in [0, 0.1) is 0 Å². The molecule has 8 heteroatoms. The molecule has 0 bridgehead atoms. The molecule has 0 radical (unpaired) electrons. The summed E-state index contributed by atoms with van der Waals surface area (Å²) in [6, 6.07) is 4.28. The van der Waals surface area contributed by atoms with E-state index in [-0.39, 0.29) is 22.4 Å². The Morgan fingerprint density at radius 3 is 2.74 bits per heavy atom. The molecule has 1 aliphatic carbocycles. The lowest BCUT2D eigenvalue weighted by molar-refractivity contribution is -0.121. The highest BCUT2D eigenvalue weighted by molar-refractivity contribution is 7.89. The molecule has 0 fully saturated rings. The zero-order valence-electron chi connectivity index (χ0n) is 15.8. The van der Waals surface area contributed by atoms with Crippen molar-refractivity contribution in [3.8, 4) is 5.75 Å². The molecule has 6 nitrogen and oxygen atoms in total. The minimum Gasteiger partial charge on any atom is -0.492 e. The van der Waals surface area contributed by atoms with Crippen LogP contribution >= 0.6 is 11.6 Å². The molecule has 1 aromatic rings. The van der Waals surface area contributed by atoms with Crippen molar-refractivity contribution in [1.29, 1.82) is 0 Å². The third-order valence-electron chi connectivity index (χ3n) is 4.43. The van der Waals surface area contributed by atoms with Gasteiger partial charge in [0.15, 0.2) is 0 Å². The van der Waals surface area contributed by atoms with Gasteiger partial charge in [0, 0.05) is 13.6 Å². The van der Waals surface area contributed by atoms with Crippen molar-refractivity contribution in [2.45, 2.75) is 43.9 Å². The average molecular weight is 415 g/mol. The fraction of sp³-hybridized carbons (Fsp3) is 0.526. The zero-order valence-corrected chi connectivity index (χ0v) is 17.4. The van der Waals surface area contributed by atoms with E-state index in [0.717, 1.165) is 23.6 Å². The van der Waals surface area contributed by atoms with Gasteiger partial charge in [0.05, 0.1) is 23.1 Å². The molecule has 0 aromatic heterocycles. The van der Waals surface area contributed by atoms with Gasteiger partial charge in [-0.05, 0) is 57.2 Å². The van der Waals surface area contributed by atoms with E-state index in [4.69, 9.17) is 16.3 Å². The van der Waals surface area contributed by atoms with Gasteiger partial charge in [-0.1, -0.05) is 23.3 Å². The van der Waals surface area contributed by atoms with Gasteiger partial charge in [-0.3, -0.25) is 4.79 Å². The molecule has 0 spiro atoms. The monoisotopic (exact) mass is 414 g/mol. The molecule has 0 saturated heterocycles. The van der Waals surface area contributed by atoms with E-state index in [2.05, 4.69) is 11.4 Å². The van der Waals surface area contributed by atoms with Crippen LogP contribution in [0.1, 0.15) is 39.0 Å². The standard InChI is InChI=1S/C19H27ClN2O4S/c1-3-26-18-10-9-16(13-17(18)20)27(24,25)22(2)14-19(23)21-12-11-15-7-5-4-6-8-15/h7,9-10,13H,3-6,8,11-12,14H2,1-2H3,(H,21,23). The van der Waals surface area contributed by atoms with Gasteiger partial charge < -0.3 is 10.1 Å². The van der Waals surface area contributed by atoms with Crippen LogP contribution in [-0.4, -0.2) is 45.4 Å². The van der Waals surface area contributed by atoms with Crippen molar-refractivity contribution in [2.24, 2.45) is 0 Å². The van der Waals surface area contributed by atoms with Gasteiger partial charge in [0.2, 0.25) is 15.9 Å². The highest BCUT2D eigenvalue weighted by Crippen LogP contribution is 2.28. The van der Waals surface area contributed by atoms with Crippen LogP contribution in [0.25, 0.3) is 0 Å². The number of benzene rings is 1. The van der Waals surface area contributed by atoms with Gasteiger partial charge in [-0.25, -0.2) is 8.42 Å². The maximum Gasteiger partial charge on any atom is 0.243 e. The number of nitrogens with zero attached hydrogens (tertiary/aromatic N) is 1. The smallest absolute Gasteiger partial charge is 0.243 e. The van der Waals surface area contributed by atoms with Crippen molar-refractivity contribution in [1.82, 2.24) is 9.62 Å². The number of amides is 1. The molecular weight excluding hydrogens is 388 g/mol. The second kappa shape index (κ2) is 10.1. The normalized spacial score (nSPS) is 14.7. The van der Waals surface area contributed by atoms with E-state index in [0.29, 0.717) is 18.9 Å². The summed E-state index contributed by atoms with van der Waals surface area (Å²) < 4.78 is 31.6. The second-order valence-corrected chi connectivity index (χ2v) is 8.95. The number of likely N-dealkylation sites (N-methyl/N-ethyl adjacent to an activating group) is 1. The molecule has 1 N–H and O–H groups in total. The Labute approximate surface area is 166 Å². The summed E-state index contributed by atoms with van der Waals surface area (Å²) in [5.41, 5.74) is 1.37. The minimum absolute atomic E-state index is 0.0265. The Hall–Kier alpha value is -1.57. The molecule has 2 rings (SSSR count). The third kappa shape index (κ3) is 6.23. The summed E-state index contributed by atoms with van der Waals surface area (Å²) >= 11 is 6.07. The summed E-state index contributed by atoms with van der Waals surface area (Å²) in [7, 11) is -2.43. The van der Waals surface area contributed by atoms with Crippen LogP contribution in [0.3, 0.4) is 0 Å². The van der Waals surface area contributed by atoms with E-state index in [1.165, 1.54) is 43.7 Å². The van der Waals surface area contributed by atoms with Crippen molar-refractivity contribution >= 4 is 27.5 Å². The van der Waals surface area contributed by atoms with Crippen molar-refractivity contribution in [2.75, 3.05) is 26.7 Å². The van der Waals surface area contributed by atoms with Crippen LogP contribution in [0.5, 0.6) is 5.75 Å². The lowest BCUT2D eigenvalue weighted by Gasteiger charge is -2.18. The number of sulfonamides is 1. The van der Waals surface area contributed by atoms with E-state index in [9.17, 15) is 13.2 Å². The molecule has 0 heterocycles. The Kier molecular flexibility index (Phi) is 8.13. The molecule has 0 saturated carbocycles. The number of nitrogens with one attached hydrogen (secondary N) is 1. The molecular formula is C19H27ClN2O4S. The maximum absolute atomic E-state index is 12.6. The molecule has 0 aliphatic heterocycles. The van der Waals surface area contributed by atoms with Crippen LogP contribution in [0.4, 0.5) is 0 Å². The summed E-state index contributed by atoms with van der Waals surface area (Å²) in [6.45, 7) is 2.53. The molecule has 1 aliphatic rings. The second-order valence-electron chi connectivity index (χ2n) is 6.49. The molecule has 150 valence electrons. The van der Waals surface area contributed by atoms with Gasteiger partial charge in [-0.2, -0.15) is 4.31 Å². The maximum atomic E-state index is 12.6. The lowest BCUT2D eigenvalue weighted by atomic mass is 9.97.